The minimum Gasteiger partial charge on any atom is -0.496 e. The van der Waals surface area contributed by atoms with Crippen molar-refractivity contribution in [1.82, 2.24) is 5.32 Å². The highest BCUT2D eigenvalue weighted by Gasteiger charge is 2.24. The van der Waals surface area contributed by atoms with E-state index in [9.17, 15) is 0 Å². The second-order valence-electron chi connectivity index (χ2n) is 3.44. The summed E-state index contributed by atoms with van der Waals surface area (Å²) in [6.45, 7) is 0.873. The molecule has 14 heavy (non-hydrogen) atoms. The van der Waals surface area contributed by atoms with Crippen molar-refractivity contribution < 1.29 is 9.47 Å². The Morgan fingerprint density at radius 1 is 1.57 bits per heavy atom. The Balaban J connectivity index is 2.21. The molecule has 1 heterocycles. The number of nitrogens with one attached hydrogen (secondary N) is 1. The van der Waals surface area contributed by atoms with Gasteiger partial charge in [-0.1, -0.05) is 6.07 Å². The fraction of sp³-hybridized carbons (Fsp3) is 0.455. The van der Waals surface area contributed by atoms with Gasteiger partial charge in [0.05, 0.1) is 7.11 Å². The predicted octanol–water partition coefficient (Wildman–Crippen LogP) is 1.22. The summed E-state index contributed by atoms with van der Waals surface area (Å²) in [5.41, 5.74) is 1.19. The number of methoxy groups -OCH3 is 1. The summed E-state index contributed by atoms with van der Waals surface area (Å²) >= 11 is 0. The van der Waals surface area contributed by atoms with E-state index in [1.165, 1.54) is 5.56 Å². The van der Waals surface area contributed by atoms with Crippen LogP contribution in [0.1, 0.15) is 5.56 Å². The van der Waals surface area contributed by atoms with Gasteiger partial charge in [0.2, 0.25) is 0 Å². The quantitative estimate of drug-likeness (QED) is 0.783. The summed E-state index contributed by atoms with van der Waals surface area (Å²) in [7, 11) is 3.63. The maximum Gasteiger partial charge on any atom is 0.126 e. The van der Waals surface area contributed by atoms with E-state index < -0.39 is 0 Å². The number of ether oxygens (including phenoxy) is 2. The first-order valence-corrected chi connectivity index (χ1v) is 4.82. The first-order valence-electron chi connectivity index (χ1n) is 4.82. The monoisotopic (exact) mass is 193 g/mol. The van der Waals surface area contributed by atoms with Gasteiger partial charge in [0, 0.05) is 18.5 Å². The number of hydrogen-bond donors (Lipinski definition) is 1. The largest absolute Gasteiger partial charge is 0.496 e. The lowest BCUT2D eigenvalue weighted by molar-refractivity contribution is 0.231. The van der Waals surface area contributed by atoms with Gasteiger partial charge < -0.3 is 14.8 Å². The number of hydrogen-bond acceptors (Lipinski definition) is 3. The molecule has 0 amide bonds. The van der Waals surface area contributed by atoms with E-state index in [0.717, 1.165) is 24.5 Å². The Labute approximate surface area is 84.0 Å². The van der Waals surface area contributed by atoms with Gasteiger partial charge in [-0.2, -0.15) is 0 Å². The van der Waals surface area contributed by atoms with Crippen LogP contribution in [-0.4, -0.2) is 26.8 Å². The second-order valence-corrected chi connectivity index (χ2v) is 3.44. The fourth-order valence-corrected chi connectivity index (χ4v) is 1.84. The molecule has 1 aromatic carbocycles. The molecule has 3 nitrogen and oxygen atoms in total. The number of likely N-dealkylation sites (N-methyl/N-ethyl adjacent to an activating group) is 1. The lowest BCUT2D eigenvalue weighted by Crippen LogP contribution is -2.27. The van der Waals surface area contributed by atoms with Crippen LogP contribution in [0.4, 0.5) is 0 Å². The Kier molecular flexibility index (Phi) is 2.59. The summed E-state index contributed by atoms with van der Waals surface area (Å²) in [6.07, 6.45) is 1.17. The van der Waals surface area contributed by atoms with Crippen LogP contribution >= 0.6 is 0 Å². The van der Waals surface area contributed by atoms with Crippen molar-refractivity contribution in [1.29, 1.82) is 0 Å². The van der Waals surface area contributed by atoms with E-state index in [1.54, 1.807) is 7.11 Å². The van der Waals surface area contributed by atoms with E-state index in [-0.39, 0.29) is 6.10 Å². The molecule has 1 aliphatic heterocycles. The highest BCUT2D eigenvalue weighted by molar-refractivity contribution is 5.47. The van der Waals surface area contributed by atoms with Gasteiger partial charge in [-0.05, 0) is 19.2 Å². The summed E-state index contributed by atoms with van der Waals surface area (Å²) in [5.74, 6) is 1.89. The van der Waals surface area contributed by atoms with Gasteiger partial charge in [0.25, 0.3) is 0 Å². The zero-order valence-corrected chi connectivity index (χ0v) is 8.54. The van der Waals surface area contributed by atoms with Crippen LogP contribution in [-0.2, 0) is 6.42 Å². The van der Waals surface area contributed by atoms with Crippen LogP contribution in [0.25, 0.3) is 0 Å². The van der Waals surface area contributed by atoms with Gasteiger partial charge in [-0.25, -0.2) is 0 Å². The summed E-state index contributed by atoms with van der Waals surface area (Å²) in [5, 5.41) is 3.12. The number of benzene rings is 1. The molecule has 1 N–H and O–H groups in total. The van der Waals surface area contributed by atoms with Crippen LogP contribution in [0.2, 0.25) is 0 Å². The topological polar surface area (TPSA) is 30.5 Å². The van der Waals surface area contributed by atoms with Crippen LogP contribution < -0.4 is 14.8 Å². The highest BCUT2D eigenvalue weighted by atomic mass is 16.5. The van der Waals surface area contributed by atoms with Crippen molar-refractivity contribution in [3.63, 3.8) is 0 Å². The zero-order valence-electron chi connectivity index (χ0n) is 8.54. The average molecular weight is 193 g/mol. The summed E-state index contributed by atoms with van der Waals surface area (Å²) < 4.78 is 11.0. The molecule has 2 rings (SSSR count). The van der Waals surface area contributed by atoms with E-state index in [1.807, 2.05) is 25.2 Å². The second kappa shape index (κ2) is 3.88. The minimum absolute atomic E-state index is 0.242. The lowest BCUT2D eigenvalue weighted by Gasteiger charge is -2.08. The van der Waals surface area contributed by atoms with Crippen molar-refractivity contribution in [3.05, 3.63) is 23.8 Å². The molecule has 1 atom stereocenters. The van der Waals surface area contributed by atoms with Gasteiger partial charge in [-0.3, -0.25) is 0 Å². The highest BCUT2D eigenvalue weighted by Crippen LogP contribution is 2.35. The van der Waals surface area contributed by atoms with E-state index >= 15 is 0 Å². The molecule has 3 heteroatoms. The van der Waals surface area contributed by atoms with Crippen molar-refractivity contribution in [3.8, 4) is 11.5 Å². The van der Waals surface area contributed by atoms with E-state index in [4.69, 9.17) is 9.47 Å². The minimum atomic E-state index is 0.242. The maximum atomic E-state index is 5.75. The fourth-order valence-electron chi connectivity index (χ4n) is 1.84. The number of fused-ring (bicyclic) bond motifs is 1. The Hall–Kier alpha value is -1.22. The van der Waals surface area contributed by atoms with E-state index in [2.05, 4.69) is 5.32 Å². The van der Waals surface area contributed by atoms with Crippen molar-refractivity contribution >= 4 is 0 Å². The predicted molar refractivity (Wildman–Crippen MR) is 55.0 cm³/mol. The molecular weight excluding hydrogens is 178 g/mol. The smallest absolute Gasteiger partial charge is 0.126 e. The standard InChI is InChI=1S/C11H15NO2/c1-12-7-8-6-9-10(13-2)4-3-5-11(9)14-8/h3-5,8,12H,6-7H2,1-2H3. The van der Waals surface area contributed by atoms with Crippen LogP contribution in [0, 0.1) is 0 Å². The Morgan fingerprint density at radius 3 is 3.14 bits per heavy atom. The van der Waals surface area contributed by atoms with Crippen molar-refractivity contribution in [2.45, 2.75) is 12.5 Å². The molecule has 1 aromatic rings. The van der Waals surface area contributed by atoms with Crippen LogP contribution in [0.15, 0.2) is 18.2 Å². The van der Waals surface area contributed by atoms with Gasteiger partial charge in [0.15, 0.2) is 0 Å². The molecule has 0 bridgehead atoms. The lowest BCUT2D eigenvalue weighted by atomic mass is 10.1. The Morgan fingerprint density at radius 2 is 2.43 bits per heavy atom. The van der Waals surface area contributed by atoms with Crippen molar-refractivity contribution in [2.24, 2.45) is 0 Å². The van der Waals surface area contributed by atoms with Gasteiger partial charge in [0.1, 0.15) is 17.6 Å². The zero-order chi connectivity index (χ0) is 9.97. The molecule has 76 valence electrons. The van der Waals surface area contributed by atoms with Crippen molar-refractivity contribution in [2.75, 3.05) is 20.7 Å². The average Bonchev–Trinajstić information content (AvgIpc) is 2.60. The first-order chi connectivity index (χ1) is 6.85. The molecular formula is C11H15NO2. The maximum absolute atomic E-state index is 5.75. The van der Waals surface area contributed by atoms with Gasteiger partial charge >= 0.3 is 0 Å². The molecule has 0 fully saturated rings. The summed E-state index contributed by atoms with van der Waals surface area (Å²) in [6, 6.07) is 5.93. The molecule has 0 spiro atoms. The van der Waals surface area contributed by atoms with Crippen LogP contribution in [0.3, 0.4) is 0 Å². The summed E-state index contributed by atoms with van der Waals surface area (Å²) in [4.78, 5) is 0. The normalized spacial score (nSPS) is 18.9. The SMILES string of the molecule is CNCC1Cc2c(OC)cccc2O1. The Bertz CT molecular complexity index is 325. The molecule has 1 unspecified atom stereocenters. The van der Waals surface area contributed by atoms with E-state index in [0.29, 0.717) is 0 Å². The molecule has 1 aliphatic rings. The first kappa shape index (κ1) is 9.34. The third-order valence-electron chi connectivity index (χ3n) is 2.47. The van der Waals surface area contributed by atoms with Gasteiger partial charge in [-0.15, -0.1) is 0 Å². The molecule has 0 aromatic heterocycles. The molecule has 0 saturated carbocycles. The molecule has 0 aliphatic carbocycles. The number of rotatable bonds is 3. The molecule has 0 radical (unpaired) electrons. The third-order valence-corrected chi connectivity index (χ3v) is 2.47. The molecule has 0 saturated heterocycles. The van der Waals surface area contributed by atoms with Crippen LogP contribution in [0.5, 0.6) is 11.5 Å². The third kappa shape index (κ3) is 1.55.